The van der Waals surface area contributed by atoms with Gasteiger partial charge >= 0.3 is 0 Å². The third-order valence-corrected chi connectivity index (χ3v) is 3.64. The summed E-state index contributed by atoms with van der Waals surface area (Å²) in [6.45, 7) is 3.37. The minimum atomic E-state index is 0.399. The van der Waals surface area contributed by atoms with Crippen LogP contribution in [0.5, 0.6) is 0 Å². The maximum absolute atomic E-state index is 5.82. The highest BCUT2D eigenvalue weighted by atomic mass is 32.2. The smallest absolute Gasteiger partial charge is 0.0158 e. The maximum atomic E-state index is 5.82. The van der Waals surface area contributed by atoms with Gasteiger partial charge in [-0.15, -0.1) is 0 Å². The first-order valence-electron chi connectivity index (χ1n) is 4.89. The first kappa shape index (κ1) is 10.4. The van der Waals surface area contributed by atoms with Gasteiger partial charge in [0.2, 0.25) is 0 Å². The van der Waals surface area contributed by atoms with Crippen LogP contribution in [0.4, 0.5) is 0 Å². The zero-order valence-corrected chi connectivity index (χ0v) is 8.70. The molecule has 0 saturated carbocycles. The minimum absolute atomic E-state index is 0.399. The summed E-state index contributed by atoms with van der Waals surface area (Å²) in [7, 11) is 0. The van der Waals surface area contributed by atoms with Crippen LogP contribution in [0.1, 0.15) is 26.2 Å². The zero-order valence-electron chi connectivity index (χ0n) is 7.88. The Balaban J connectivity index is 1.94. The molecule has 0 aliphatic carbocycles. The van der Waals surface area contributed by atoms with E-state index in [4.69, 9.17) is 5.73 Å². The van der Waals surface area contributed by atoms with Gasteiger partial charge in [-0.05, 0) is 25.8 Å². The number of nitrogens with one attached hydrogen (secondary N) is 1. The van der Waals surface area contributed by atoms with Crippen molar-refractivity contribution in [1.82, 2.24) is 5.32 Å². The Morgan fingerprint density at radius 2 is 2.50 bits per heavy atom. The molecular weight excluding hydrogens is 168 g/mol. The summed E-state index contributed by atoms with van der Waals surface area (Å²) < 4.78 is 0. The molecule has 1 fully saturated rings. The largest absolute Gasteiger partial charge is 0.327 e. The van der Waals surface area contributed by atoms with Crippen molar-refractivity contribution < 1.29 is 0 Å². The van der Waals surface area contributed by atoms with Crippen molar-refractivity contribution in [2.24, 2.45) is 5.73 Å². The van der Waals surface area contributed by atoms with Crippen molar-refractivity contribution in [2.75, 3.05) is 18.1 Å². The van der Waals surface area contributed by atoms with Crippen LogP contribution in [0.15, 0.2) is 0 Å². The lowest BCUT2D eigenvalue weighted by molar-refractivity contribution is 0.670. The summed E-state index contributed by atoms with van der Waals surface area (Å²) in [5.74, 6) is 2.36. The normalized spacial score (nSPS) is 26.0. The van der Waals surface area contributed by atoms with Gasteiger partial charge in [-0.1, -0.05) is 6.92 Å². The monoisotopic (exact) mass is 188 g/mol. The molecule has 0 radical (unpaired) electrons. The van der Waals surface area contributed by atoms with Crippen LogP contribution in [0, 0.1) is 0 Å². The fourth-order valence-electron chi connectivity index (χ4n) is 1.38. The number of thioether (sulfide) groups is 1. The van der Waals surface area contributed by atoms with Crippen LogP contribution in [0.25, 0.3) is 0 Å². The number of nitrogens with two attached hydrogens (primary N) is 1. The molecule has 0 amide bonds. The van der Waals surface area contributed by atoms with Gasteiger partial charge in [0.25, 0.3) is 0 Å². The van der Waals surface area contributed by atoms with Gasteiger partial charge in [-0.25, -0.2) is 0 Å². The summed E-state index contributed by atoms with van der Waals surface area (Å²) in [6.07, 6.45) is 3.81. The van der Waals surface area contributed by atoms with E-state index in [0.717, 1.165) is 18.2 Å². The SMILES string of the molecule is CCC(N)CSCC1CCCN1. The van der Waals surface area contributed by atoms with Gasteiger partial charge < -0.3 is 11.1 Å². The lowest BCUT2D eigenvalue weighted by atomic mass is 10.3. The van der Waals surface area contributed by atoms with E-state index >= 15 is 0 Å². The predicted octanol–water partition coefficient (Wildman–Crippen LogP) is 1.21. The molecule has 0 bridgehead atoms. The number of hydrogen-bond acceptors (Lipinski definition) is 3. The Bertz CT molecular complexity index is 113. The molecule has 1 aliphatic rings. The molecule has 2 nitrogen and oxygen atoms in total. The molecule has 72 valence electrons. The fraction of sp³-hybridized carbons (Fsp3) is 1.00. The molecule has 0 aromatic heterocycles. The van der Waals surface area contributed by atoms with Crippen molar-refractivity contribution in [3.05, 3.63) is 0 Å². The standard InChI is InChI=1S/C9H20N2S/c1-2-8(10)6-12-7-9-4-3-5-11-9/h8-9,11H,2-7,10H2,1H3. The molecule has 0 aromatic carbocycles. The predicted molar refractivity (Wildman–Crippen MR) is 56.6 cm³/mol. The Hall–Kier alpha value is 0.270. The van der Waals surface area contributed by atoms with Gasteiger partial charge in [0, 0.05) is 23.6 Å². The molecule has 12 heavy (non-hydrogen) atoms. The van der Waals surface area contributed by atoms with Crippen LogP contribution in [-0.4, -0.2) is 30.1 Å². The van der Waals surface area contributed by atoms with Crippen LogP contribution in [-0.2, 0) is 0 Å². The highest BCUT2D eigenvalue weighted by Gasteiger charge is 2.13. The Morgan fingerprint density at radius 3 is 3.08 bits per heavy atom. The van der Waals surface area contributed by atoms with Crippen molar-refractivity contribution >= 4 is 11.8 Å². The van der Waals surface area contributed by atoms with Gasteiger partial charge in [0.1, 0.15) is 0 Å². The van der Waals surface area contributed by atoms with E-state index in [1.807, 2.05) is 11.8 Å². The average Bonchev–Trinajstić information content (AvgIpc) is 2.57. The highest BCUT2D eigenvalue weighted by molar-refractivity contribution is 7.99. The van der Waals surface area contributed by atoms with Gasteiger partial charge in [0.05, 0.1) is 0 Å². The summed E-state index contributed by atoms with van der Waals surface area (Å²) >= 11 is 2.00. The van der Waals surface area contributed by atoms with E-state index in [1.54, 1.807) is 0 Å². The third-order valence-electron chi connectivity index (χ3n) is 2.34. The molecule has 0 spiro atoms. The van der Waals surface area contributed by atoms with Crippen molar-refractivity contribution in [2.45, 2.75) is 38.3 Å². The fourth-order valence-corrected chi connectivity index (χ4v) is 2.62. The second-order valence-corrected chi connectivity index (χ2v) is 4.57. The van der Waals surface area contributed by atoms with Crippen molar-refractivity contribution in [1.29, 1.82) is 0 Å². The van der Waals surface area contributed by atoms with E-state index < -0.39 is 0 Å². The molecule has 1 aliphatic heterocycles. The first-order chi connectivity index (χ1) is 5.83. The van der Waals surface area contributed by atoms with E-state index in [-0.39, 0.29) is 0 Å². The molecule has 2 unspecified atom stereocenters. The van der Waals surface area contributed by atoms with Gasteiger partial charge in [0.15, 0.2) is 0 Å². The molecule has 2 atom stereocenters. The van der Waals surface area contributed by atoms with E-state index in [2.05, 4.69) is 12.2 Å². The van der Waals surface area contributed by atoms with Crippen LogP contribution < -0.4 is 11.1 Å². The minimum Gasteiger partial charge on any atom is -0.327 e. The number of rotatable bonds is 5. The number of hydrogen-bond donors (Lipinski definition) is 2. The van der Waals surface area contributed by atoms with Crippen LogP contribution >= 0.6 is 11.8 Å². The second kappa shape index (κ2) is 5.84. The topological polar surface area (TPSA) is 38.0 Å². The lowest BCUT2D eigenvalue weighted by Crippen LogP contribution is -2.26. The lowest BCUT2D eigenvalue weighted by Gasteiger charge is -2.11. The summed E-state index contributed by atoms with van der Waals surface area (Å²) in [5, 5.41) is 3.49. The quantitative estimate of drug-likeness (QED) is 0.681. The Labute approximate surface area is 79.7 Å². The maximum Gasteiger partial charge on any atom is 0.0158 e. The van der Waals surface area contributed by atoms with Crippen molar-refractivity contribution in [3.63, 3.8) is 0 Å². The average molecular weight is 188 g/mol. The van der Waals surface area contributed by atoms with E-state index in [1.165, 1.54) is 25.1 Å². The van der Waals surface area contributed by atoms with Crippen molar-refractivity contribution in [3.8, 4) is 0 Å². The highest BCUT2D eigenvalue weighted by Crippen LogP contribution is 2.12. The summed E-state index contributed by atoms with van der Waals surface area (Å²) in [4.78, 5) is 0. The second-order valence-electron chi connectivity index (χ2n) is 3.50. The Kier molecular flexibility index (Phi) is 5.04. The molecule has 3 heteroatoms. The molecule has 1 rings (SSSR count). The van der Waals surface area contributed by atoms with E-state index in [9.17, 15) is 0 Å². The zero-order chi connectivity index (χ0) is 8.81. The van der Waals surface area contributed by atoms with E-state index in [0.29, 0.717) is 6.04 Å². The molecule has 3 N–H and O–H groups in total. The summed E-state index contributed by atoms with van der Waals surface area (Å²) in [5.41, 5.74) is 5.82. The van der Waals surface area contributed by atoms with Gasteiger partial charge in [-0.3, -0.25) is 0 Å². The van der Waals surface area contributed by atoms with Crippen LogP contribution in [0.3, 0.4) is 0 Å². The first-order valence-corrected chi connectivity index (χ1v) is 6.05. The Morgan fingerprint density at radius 1 is 1.67 bits per heavy atom. The molecule has 0 aromatic rings. The summed E-state index contributed by atoms with van der Waals surface area (Å²) in [6, 6.07) is 1.16. The third kappa shape index (κ3) is 3.78. The molecular formula is C9H20N2S. The van der Waals surface area contributed by atoms with Crippen LogP contribution in [0.2, 0.25) is 0 Å². The van der Waals surface area contributed by atoms with Gasteiger partial charge in [-0.2, -0.15) is 11.8 Å². The molecule has 1 saturated heterocycles. The molecule has 1 heterocycles.